The zero-order valence-electron chi connectivity index (χ0n) is 19.1. The van der Waals surface area contributed by atoms with Crippen molar-refractivity contribution in [2.24, 2.45) is 7.05 Å². The van der Waals surface area contributed by atoms with Crippen LogP contribution in [0.2, 0.25) is 19.6 Å². The lowest BCUT2D eigenvalue weighted by molar-refractivity contribution is 0.477. The van der Waals surface area contributed by atoms with Crippen LogP contribution in [0.1, 0.15) is 11.1 Å². The molecular weight excluding hydrogens is 428 g/mol. The molecule has 0 aliphatic carbocycles. The maximum Gasteiger partial charge on any atom is 0.157 e. The second kappa shape index (κ2) is 8.19. The van der Waals surface area contributed by atoms with Crippen molar-refractivity contribution in [3.05, 3.63) is 72.1 Å². The van der Waals surface area contributed by atoms with Gasteiger partial charge in [0.1, 0.15) is 19.3 Å². The molecule has 0 atom stereocenters. The maximum atomic E-state index is 6.39. The van der Waals surface area contributed by atoms with E-state index in [4.69, 9.17) is 4.74 Å². The molecule has 0 radical (unpaired) electrons. The molecule has 0 spiro atoms. The van der Waals surface area contributed by atoms with E-state index in [0.29, 0.717) is 12.3 Å². The highest BCUT2D eigenvalue weighted by atomic mass is 28.3. The molecule has 8 heteroatoms. The molecule has 0 bridgehead atoms. The fraction of sp³-hybridized carbons (Fsp3) is 0.200. The molecule has 0 unspecified atom stereocenters. The third-order valence-corrected chi connectivity index (χ3v) is 6.08. The van der Waals surface area contributed by atoms with Gasteiger partial charge in [-0.3, -0.25) is 9.67 Å². The van der Waals surface area contributed by atoms with Gasteiger partial charge in [-0.25, -0.2) is 4.68 Å². The van der Waals surface area contributed by atoms with Crippen LogP contribution in [0.4, 0.5) is 0 Å². The maximum absolute atomic E-state index is 6.39. The van der Waals surface area contributed by atoms with Gasteiger partial charge in [-0.15, -0.1) is 10.6 Å². The van der Waals surface area contributed by atoms with Crippen LogP contribution in [0.3, 0.4) is 0 Å². The Labute approximate surface area is 193 Å². The molecule has 0 aliphatic heterocycles. The number of hydrogen-bond acceptors (Lipinski definition) is 5. The van der Waals surface area contributed by atoms with Gasteiger partial charge in [0.05, 0.1) is 23.8 Å². The van der Waals surface area contributed by atoms with Crippen molar-refractivity contribution in [2.45, 2.75) is 26.2 Å². The van der Waals surface area contributed by atoms with Crippen molar-refractivity contribution >= 4 is 30.1 Å². The van der Waals surface area contributed by atoms with Gasteiger partial charge in [0.25, 0.3) is 0 Å². The molecule has 3 heterocycles. The van der Waals surface area contributed by atoms with Crippen LogP contribution < -0.4 is 4.74 Å². The average molecular weight is 453 g/mol. The molecule has 2 aromatic carbocycles. The summed E-state index contributed by atoms with van der Waals surface area (Å²) in [4.78, 5) is 4.39. The molecule has 0 aliphatic rings. The van der Waals surface area contributed by atoms with Crippen LogP contribution in [-0.4, -0.2) is 37.8 Å². The lowest BCUT2D eigenvalue weighted by atomic mass is 10.1. The predicted molar refractivity (Wildman–Crippen MR) is 132 cm³/mol. The van der Waals surface area contributed by atoms with E-state index in [1.54, 1.807) is 17.1 Å². The first-order valence-corrected chi connectivity index (χ1v) is 14.3. The van der Waals surface area contributed by atoms with E-state index in [9.17, 15) is 0 Å². The molecule has 0 saturated heterocycles. The van der Waals surface area contributed by atoms with Crippen molar-refractivity contribution < 1.29 is 4.74 Å². The van der Waals surface area contributed by atoms with E-state index < -0.39 is 8.07 Å². The molecule has 5 rings (SSSR count). The normalized spacial score (nSPS) is 11.5. The van der Waals surface area contributed by atoms with Gasteiger partial charge in [-0.1, -0.05) is 36.8 Å². The Morgan fingerprint density at radius 2 is 1.85 bits per heavy atom. The lowest BCUT2D eigenvalue weighted by Crippen LogP contribution is -2.16. The largest absolute Gasteiger partial charge is 0.455 e. The molecule has 0 saturated carbocycles. The van der Waals surface area contributed by atoms with E-state index in [-0.39, 0.29) is 0 Å². The third kappa shape index (κ3) is 4.36. The number of nitrogens with zero attached hydrogens (tertiary/aromatic N) is 6. The van der Waals surface area contributed by atoms with Gasteiger partial charge >= 0.3 is 0 Å². The van der Waals surface area contributed by atoms with Crippen molar-refractivity contribution in [1.82, 2.24) is 29.8 Å². The minimum Gasteiger partial charge on any atom is -0.455 e. The summed E-state index contributed by atoms with van der Waals surface area (Å²) in [6.07, 6.45) is 3.56. The number of benzene rings is 2. The standard InChI is InChI=1S/C25H24N6OSi/c1-30-22-7-5-9-24(25(22)28-29-30)32-23-11-10-18(12-14-33(2,3)4)15-19(23)17-31-21-8-6-13-26-20(21)16-27-31/h5-11,13,15-16H,17H2,1-4H3. The van der Waals surface area contributed by atoms with E-state index in [0.717, 1.165) is 38.9 Å². The Kier molecular flexibility index (Phi) is 5.19. The Morgan fingerprint density at radius 1 is 1.00 bits per heavy atom. The minimum atomic E-state index is -1.50. The van der Waals surface area contributed by atoms with Gasteiger partial charge < -0.3 is 4.74 Å². The number of aromatic nitrogens is 6. The Morgan fingerprint density at radius 3 is 2.70 bits per heavy atom. The number of hydrogen-bond donors (Lipinski definition) is 0. The number of rotatable bonds is 4. The molecule has 33 heavy (non-hydrogen) atoms. The average Bonchev–Trinajstić information content (AvgIpc) is 3.38. The van der Waals surface area contributed by atoms with Crippen molar-refractivity contribution in [3.63, 3.8) is 0 Å². The SMILES string of the molecule is Cn1nnc2c(Oc3ccc(C#C[Si](C)(C)C)cc3Cn3ncc4ncccc43)cccc21. The Hall–Kier alpha value is -3.96. The van der Waals surface area contributed by atoms with Crippen LogP contribution in [0.25, 0.3) is 22.1 Å². The fourth-order valence-electron chi connectivity index (χ4n) is 3.57. The summed E-state index contributed by atoms with van der Waals surface area (Å²) in [6.45, 7) is 7.25. The summed E-state index contributed by atoms with van der Waals surface area (Å²) < 4.78 is 10.1. The predicted octanol–water partition coefficient (Wildman–Crippen LogP) is 4.78. The zero-order chi connectivity index (χ0) is 23.0. The molecular formula is C25H24N6OSi. The van der Waals surface area contributed by atoms with Gasteiger partial charge in [0.15, 0.2) is 11.3 Å². The summed E-state index contributed by atoms with van der Waals surface area (Å²) in [6, 6.07) is 15.8. The lowest BCUT2D eigenvalue weighted by Gasteiger charge is -2.13. The second-order valence-electron chi connectivity index (χ2n) is 8.97. The first-order chi connectivity index (χ1) is 15.9. The number of aryl methyl sites for hydroxylation is 1. The quantitative estimate of drug-likeness (QED) is 0.290. The fourth-order valence-corrected chi connectivity index (χ4v) is 4.09. The Bertz CT molecular complexity index is 1530. The van der Waals surface area contributed by atoms with Crippen LogP contribution in [0.15, 0.2) is 60.9 Å². The third-order valence-electron chi connectivity index (χ3n) is 5.20. The molecule has 0 N–H and O–H groups in total. The summed E-state index contributed by atoms with van der Waals surface area (Å²) in [5, 5.41) is 13.0. The first kappa shape index (κ1) is 20.9. The molecule has 7 nitrogen and oxygen atoms in total. The highest BCUT2D eigenvalue weighted by Crippen LogP contribution is 2.31. The summed E-state index contributed by atoms with van der Waals surface area (Å²) in [5.41, 5.74) is 8.86. The molecule has 164 valence electrons. The second-order valence-corrected chi connectivity index (χ2v) is 13.7. The van der Waals surface area contributed by atoms with Gasteiger partial charge in [0, 0.05) is 24.4 Å². The van der Waals surface area contributed by atoms with E-state index in [2.05, 4.69) is 57.6 Å². The summed E-state index contributed by atoms with van der Waals surface area (Å²) in [5.74, 6) is 4.75. The zero-order valence-corrected chi connectivity index (χ0v) is 20.1. The van der Waals surface area contributed by atoms with Crippen molar-refractivity contribution in [1.29, 1.82) is 0 Å². The number of fused-ring (bicyclic) bond motifs is 2. The highest BCUT2D eigenvalue weighted by molar-refractivity contribution is 6.83. The minimum absolute atomic E-state index is 0.531. The molecule has 3 aromatic heterocycles. The molecule has 0 fully saturated rings. The van der Waals surface area contributed by atoms with Gasteiger partial charge in [0.2, 0.25) is 0 Å². The smallest absolute Gasteiger partial charge is 0.157 e. The van der Waals surface area contributed by atoms with E-state index >= 15 is 0 Å². The van der Waals surface area contributed by atoms with Crippen LogP contribution >= 0.6 is 0 Å². The Balaban J connectivity index is 1.58. The van der Waals surface area contributed by atoms with Crippen LogP contribution in [0, 0.1) is 11.5 Å². The van der Waals surface area contributed by atoms with Crippen LogP contribution in [0.5, 0.6) is 11.5 Å². The monoisotopic (exact) mass is 452 g/mol. The van der Waals surface area contributed by atoms with E-state index in [1.165, 1.54) is 0 Å². The molecule has 0 amide bonds. The van der Waals surface area contributed by atoms with Gasteiger partial charge in [-0.2, -0.15) is 5.10 Å². The van der Waals surface area contributed by atoms with E-state index in [1.807, 2.05) is 54.2 Å². The first-order valence-electron chi connectivity index (χ1n) is 10.8. The summed E-state index contributed by atoms with van der Waals surface area (Å²) >= 11 is 0. The van der Waals surface area contributed by atoms with Crippen LogP contribution in [-0.2, 0) is 13.6 Å². The molecule has 5 aromatic rings. The van der Waals surface area contributed by atoms with Crippen molar-refractivity contribution in [2.75, 3.05) is 0 Å². The van der Waals surface area contributed by atoms with Gasteiger partial charge in [-0.05, 0) is 42.5 Å². The van der Waals surface area contributed by atoms with Crippen molar-refractivity contribution in [3.8, 4) is 23.0 Å². The topological polar surface area (TPSA) is 70.7 Å². The number of ether oxygens (including phenoxy) is 1. The highest BCUT2D eigenvalue weighted by Gasteiger charge is 2.14. The number of pyridine rings is 1. The summed E-state index contributed by atoms with van der Waals surface area (Å²) in [7, 11) is 0.373.